The van der Waals surface area contributed by atoms with E-state index in [1.807, 2.05) is 135 Å². The normalized spacial score (nSPS) is 23.3. The Bertz CT molecular complexity index is 4800. The van der Waals surface area contributed by atoms with E-state index in [0.29, 0.717) is 102 Å². The lowest BCUT2D eigenvalue weighted by atomic mass is 9.93. The van der Waals surface area contributed by atoms with Crippen molar-refractivity contribution in [3.05, 3.63) is 353 Å². The summed E-state index contributed by atoms with van der Waals surface area (Å²) in [5.74, 6) is 4.04. The van der Waals surface area contributed by atoms with Crippen LogP contribution in [0.1, 0.15) is 301 Å². The van der Waals surface area contributed by atoms with E-state index in [-0.39, 0.29) is 0 Å². The van der Waals surface area contributed by atoms with Gasteiger partial charge in [-0.3, -0.25) is 19.5 Å². The number of carbonyl (C=O) groups is 1. The third-order valence-electron chi connectivity index (χ3n) is 30.4. The Morgan fingerprint density at radius 1 is 0.248 bits per heavy atom. The smallest absolute Gasteiger partial charge is 0.163 e. The number of rotatable bonds is 15. The first kappa shape index (κ1) is 126. The number of likely N-dealkylation sites (tertiary alicyclic amines) is 5. The molecule has 10 aromatic rings. The number of nitrogens with one attached hydrogen (secondary N) is 1. The highest BCUT2D eigenvalue weighted by molar-refractivity contribution is 9.10. The van der Waals surface area contributed by atoms with Crippen molar-refractivity contribution in [1.29, 1.82) is 0 Å². The molecule has 0 bridgehead atoms. The van der Waals surface area contributed by atoms with Crippen molar-refractivity contribution in [3.8, 4) is 0 Å². The van der Waals surface area contributed by atoms with Crippen molar-refractivity contribution in [2.24, 2.45) is 0 Å². The molecule has 13 nitrogen and oxygen atoms in total. The van der Waals surface area contributed by atoms with Crippen molar-refractivity contribution in [2.45, 2.75) is 287 Å². The second kappa shape index (κ2) is 65.8. The monoisotopic (exact) mass is 2040 g/mol. The molecule has 0 amide bonds. The summed E-state index contributed by atoms with van der Waals surface area (Å²) in [6.45, 7) is 56.7. The maximum absolute atomic E-state index is 11.1. The molecule has 6 heterocycles. The minimum atomic E-state index is 0.301. The molecular formula is C131H201BrN12O. The number of aryl methyl sites for hydroxylation is 9. The molecule has 14 heteroatoms. The first-order chi connectivity index (χ1) is 70.1. The van der Waals surface area contributed by atoms with Crippen LogP contribution in [0.4, 0.5) is 0 Å². The van der Waals surface area contributed by atoms with Crippen LogP contribution in [0, 0.1) is 34.6 Å². The van der Waals surface area contributed by atoms with Crippen LogP contribution >= 0.6 is 15.9 Å². The summed E-state index contributed by atoms with van der Waals surface area (Å²) in [4.78, 5) is 38.4. The topological polar surface area (TPSA) is 64.7 Å². The summed E-state index contributed by atoms with van der Waals surface area (Å²) in [5.41, 5.74) is 27.1. The van der Waals surface area contributed by atoms with Crippen molar-refractivity contribution >= 4 is 21.7 Å². The Kier molecular flexibility index (Phi) is 56.9. The highest BCUT2D eigenvalue weighted by Gasteiger charge is 2.45. The molecule has 1 unspecified atom stereocenters. The van der Waals surface area contributed by atoms with E-state index in [4.69, 9.17) is 0 Å². The zero-order valence-electron chi connectivity index (χ0n) is 97.6. The number of hydrogen-bond acceptors (Lipinski definition) is 13. The number of Topliss-reactive ketones (excluding diaryl/α,β-unsaturated/α-hetero) is 1. The van der Waals surface area contributed by atoms with E-state index in [1.54, 1.807) is 33.4 Å². The number of ketones is 1. The van der Waals surface area contributed by atoms with Gasteiger partial charge in [-0.2, -0.15) is 0 Å². The molecular weight excluding hydrogens is 1840 g/mol. The third kappa shape index (κ3) is 35.5. The van der Waals surface area contributed by atoms with Gasteiger partial charge in [-0.05, 0) is 263 Å². The van der Waals surface area contributed by atoms with E-state index < -0.39 is 0 Å². The quantitative estimate of drug-likeness (QED) is 0.106. The van der Waals surface area contributed by atoms with Gasteiger partial charge in [0, 0.05) is 185 Å². The van der Waals surface area contributed by atoms with Crippen LogP contribution in [-0.4, -0.2) is 273 Å². The summed E-state index contributed by atoms with van der Waals surface area (Å²) in [6, 6.07) is 94.8. The van der Waals surface area contributed by atoms with Crippen molar-refractivity contribution < 1.29 is 4.79 Å². The average Bonchev–Trinajstić information content (AvgIpc) is 1.63. The van der Waals surface area contributed by atoms with Crippen LogP contribution < -0.4 is 5.32 Å². The molecule has 1 N–H and O–H groups in total. The van der Waals surface area contributed by atoms with Gasteiger partial charge in [0.05, 0.1) is 0 Å². The zero-order chi connectivity index (χ0) is 107. The number of nitrogens with zero attached hydrogens (tertiary/aromatic N) is 11. The van der Waals surface area contributed by atoms with Crippen LogP contribution in [0.5, 0.6) is 0 Å². The summed E-state index contributed by atoms with van der Waals surface area (Å²) >= 11 is 3.49. The van der Waals surface area contributed by atoms with Crippen LogP contribution in [0.2, 0.25) is 0 Å². The molecule has 0 aromatic heterocycles. The van der Waals surface area contributed by atoms with Gasteiger partial charge in [0.25, 0.3) is 0 Å². The lowest BCUT2D eigenvalue weighted by Gasteiger charge is -2.26. The number of likely N-dealkylation sites (N-methyl/N-ethyl adjacent to an activating group) is 8. The Hall–Kier alpha value is -8.13. The van der Waals surface area contributed by atoms with Crippen molar-refractivity contribution in [2.75, 3.05) is 177 Å². The highest BCUT2D eigenvalue weighted by atomic mass is 79.9. The molecule has 10 aliphatic rings. The summed E-state index contributed by atoms with van der Waals surface area (Å²) in [5, 5.41) is 3.48. The van der Waals surface area contributed by atoms with Crippen molar-refractivity contribution in [3.63, 3.8) is 0 Å². The van der Waals surface area contributed by atoms with Gasteiger partial charge < -0.3 is 44.5 Å². The lowest BCUT2D eigenvalue weighted by molar-refractivity contribution is 0.0994. The van der Waals surface area contributed by atoms with Crippen LogP contribution in [0.15, 0.2) is 247 Å². The standard InChI is InChI=1S/3C22H28N2.C14H22N2.C13H19BrN2.C13H20N2.C9H8O.8C2H6/c3*1-16-8-10-18(11-9-16)20-14-24(15-22(20)23(2)3)21-13-12-17-6-4-5-7-19(17)21;1-11-5-7-12(8-6-11)13-9-16(4)10-14(13)15(2)3;1-15(2)13-9-16(3)8-12(13)10-4-6-11(14)7-5-10;1-10-4-6-11(7-5-10)12-8-14-9-13(12)15(2)3;10-9-6-5-7-3-1-2-4-8(7)9;8*1-2/h3*4-11,20-22H,12-15H2,1-3H3;5-8,13-14H,9-10H2,1-4H3;4-7,12-13H,8-9H2,1-3H3;4-7,12-14H,8-9H2,1-3H3;1-4H,5-6H2;8*1-2H3/t20-,21?,22+;20-,21+,22+;20-,21-,22+;13-,14+;2*12-,13+;;;;;;;;;/m111111........./s1. The minimum absolute atomic E-state index is 0.301. The van der Waals surface area contributed by atoms with Crippen molar-refractivity contribution in [1.82, 2.24) is 59.2 Å². The number of carbonyl (C=O) groups excluding carboxylic acids is 1. The van der Waals surface area contributed by atoms with Gasteiger partial charge in [-0.1, -0.05) is 385 Å². The third-order valence-corrected chi connectivity index (χ3v) is 31.0. The van der Waals surface area contributed by atoms with Gasteiger partial charge in [0.15, 0.2) is 5.78 Å². The first-order valence-electron chi connectivity index (χ1n) is 56.3. The second-order valence-corrected chi connectivity index (χ2v) is 41.6. The average molecular weight is 2040 g/mol. The van der Waals surface area contributed by atoms with E-state index in [1.165, 1.54) is 158 Å². The van der Waals surface area contributed by atoms with Gasteiger partial charge in [-0.25, -0.2) is 0 Å². The van der Waals surface area contributed by atoms with E-state index in [9.17, 15) is 4.79 Å². The zero-order valence-corrected chi connectivity index (χ0v) is 99.2. The molecule has 20 rings (SSSR count). The Morgan fingerprint density at radius 2 is 0.483 bits per heavy atom. The lowest BCUT2D eigenvalue weighted by Crippen LogP contribution is -2.35. The highest BCUT2D eigenvalue weighted by Crippen LogP contribution is 2.46. The van der Waals surface area contributed by atoms with E-state index in [0.717, 1.165) is 42.6 Å². The number of benzene rings is 10. The largest absolute Gasteiger partial charge is 0.314 e. The molecule has 6 aliphatic heterocycles. The predicted molar refractivity (Wildman–Crippen MR) is 636 cm³/mol. The molecule has 4 aliphatic carbocycles. The van der Waals surface area contributed by atoms with Gasteiger partial charge in [0.1, 0.15) is 0 Å². The fourth-order valence-corrected chi connectivity index (χ4v) is 23.1. The molecule has 15 atom stereocenters. The number of hydrogen-bond donors (Lipinski definition) is 1. The van der Waals surface area contributed by atoms with Gasteiger partial charge in [-0.15, -0.1) is 0 Å². The minimum Gasteiger partial charge on any atom is -0.314 e. The fourth-order valence-electron chi connectivity index (χ4n) is 22.9. The molecule has 0 radical (unpaired) electrons. The predicted octanol–water partition coefficient (Wildman–Crippen LogP) is 28.0. The van der Waals surface area contributed by atoms with E-state index in [2.05, 4.69) is 427 Å². The molecule has 10 aromatic carbocycles. The molecule has 0 saturated carbocycles. The molecule has 6 fully saturated rings. The van der Waals surface area contributed by atoms with Gasteiger partial charge in [0.2, 0.25) is 0 Å². The molecule has 6 saturated heterocycles. The summed E-state index contributed by atoms with van der Waals surface area (Å²) < 4.78 is 1.16. The second-order valence-electron chi connectivity index (χ2n) is 40.7. The molecule has 145 heavy (non-hydrogen) atoms. The fraction of sp³-hybridized carbons (Fsp3) is 0.534. The SMILES string of the molecule is CC.CC.CC.CC.CC.CC.CC.CC.CN1C[C@H](c2ccc(Br)cc2)[C@@H](N(C)C)C1.Cc1ccc([C@H]2CN(C)C[C@@H]2N(C)C)cc1.Cc1ccc([C@H]2CN(C3CCc4ccccc43)C[C@@H]2N(C)C)cc1.Cc1ccc([C@H]2CN([C@@H]3CCc4ccccc43)C[C@@H]2N(C)C)cc1.Cc1ccc([C@H]2CN([C@H]3CCc4ccccc43)C[C@@H]2N(C)C)cc1.Cc1ccc([C@H]2CNC[C@@H]2N(C)C)cc1.O=C1CCc2ccccc21. The van der Waals surface area contributed by atoms with Crippen LogP contribution in [-0.2, 0) is 25.7 Å². The maximum atomic E-state index is 11.1. The molecule has 0 spiro atoms. The Labute approximate surface area is 896 Å². The van der Waals surface area contributed by atoms with Gasteiger partial charge >= 0.3 is 0 Å². The maximum Gasteiger partial charge on any atom is 0.163 e. The number of fused-ring (bicyclic) bond motifs is 4. The summed E-state index contributed by atoms with van der Waals surface area (Å²) in [6.07, 6.45) is 9.19. The number of halogens is 1. The van der Waals surface area contributed by atoms with E-state index >= 15 is 0 Å². The summed E-state index contributed by atoms with van der Waals surface area (Å²) in [7, 11) is 30.9. The first-order valence-corrected chi connectivity index (χ1v) is 57.1. The van der Waals surface area contributed by atoms with Crippen LogP contribution in [0.3, 0.4) is 0 Å². The Morgan fingerprint density at radius 3 is 0.752 bits per heavy atom. The molecule has 798 valence electrons. The van der Waals surface area contributed by atoms with Crippen LogP contribution in [0.25, 0.3) is 0 Å². The Balaban J connectivity index is 0.000000256.